The SMILES string of the molecule is COCCn1c(C)cc(C)c(CNC2CCCC2)c1=O. The van der Waals surface area contributed by atoms with E-state index in [1.165, 1.54) is 25.7 Å². The van der Waals surface area contributed by atoms with Crippen molar-refractivity contribution in [3.05, 3.63) is 33.2 Å². The molecule has 1 aromatic rings. The quantitative estimate of drug-likeness (QED) is 0.867. The van der Waals surface area contributed by atoms with E-state index in [-0.39, 0.29) is 5.56 Å². The van der Waals surface area contributed by atoms with E-state index in [0.717, 1.165) is 16.8 Å². The van der Waals surface area contributed by atoms with Gasteiger partial charge in [0.05, 0.1) is 6.61 Å². The van der Waals surface area contributed by atoms with Crippen LogP contribution in [0.25, 0.3) is 0 Å². The van der Waals surface area contributed by atoms with Crippen LogP contribution >= 0.6 is 0 Å². The molecule has 1 saturated carbocycles. The highest BCUT2D eigenvalue weighted by molar-refractivity contribution is 5.26. The largest absolute Gasteiger partial charge is 0.383 e. The van der Waals surface area contributed by atoms with Gasteiger partial charge in [-0.3, -0.25) is 4.79 Å². The van der Waals surface area contributed by atoms with Crippen LogP contribution in [0.1, 0.15) is 42.5 Å². The van der Waals surface area contributed by atoms with Crippen molar-refractivity contribution in [1.29, 1.82) is 0 Å². The number of rotatable bonds is 6. The minimum Gasteiger partial charge on any atom is -0.383 e. The molecule has 4 nitrogen and oxygen atoms in total. The van der Waals surface area contributed by atoms with Crippen molar-refractivity contribution in [3.63, 3.8) is 0 Å². The molecule has 0 aromatic carbocycles. The normalized spacial score (nSPS) is 15.9. The first kappa shape index (κ1) is 15.3. The number of aryl methyl sites for hydroxylation is 2. The number of nitrogens with one attached hydrogen (secondary N) is 1. The molecule has 1 N–H and O–H groups in total. The second kappa shape index (κ2) is 7.04. The van der Waals surface area contributed by atoms with E-state index < -0.39 is 0 Å². The summed E-state index contributed by atoms with van der Waals surface area (Å²) >= 11 is 0. The van der Waals surface area contributed by atoms with E-state index in [2.05, 4.69) is 11.4 Å². The van der Waals surface area contributed by atoms with Crippen LogP contribution in [0.2, 0.25) is 0 Å². The van der Waals surface area contributed by atoms with Crippen molar-refractivity contribution in [2.45, 2.75) is 58.7 Å². The van der Waals surface area contributed by atoms with Gasteiger partial charge in [-0.25, -0.2) is 0 Å². The Morgan fingerprint density at radius 1 is 1.35 bits per heavy atom. The highest BCUT2D eigenvalue weighted by Gasteiger charge is 2.16. The van der Waals surface area contributed by atoms with Gasteiger partial charge in [-0.2, -0.15) is 0 Å². The Labute approximate surface area is 121 Å². The maximum atomic E-state index is 12.6. The fourth-order valence-corrected chi connectivity index (χ4v) is 3.02. The predicted octanol–water partition coefficient (Wildman–Crippen LogP) is 2.14. The van der Waals surface area contributed by atoms with Gasteiger partial charge in [0.2, 0.25) is 0 Å². The number of hydrogen-bond acceptors (Lipinski definition) is 3. The van der Waals surface area contributed by atoms with Gasteiger partial charge in [-0.05, 0) is 38.3 Å². The Kier molecular flexibility index (Phi) is 5.38. The van der Waals surface area contributed by atoms with E-state index in [4.69, 9.17) is 4.74 Å². The van der Waals surface area contributed by atoms with Crippen LogP contribution in [0, 0.1) is 13.8 Å². The molecule has 1 fully saturated rings. The van der Waals surface area contributed by atoms with Crippen molar-refractivity contribution in [2.75, 3.05) is 13.7 Å². The first-order valence-corrected chi connectivity index (χ1v) is 7.55. The smallest absolute Gasteiger partial charge is 0.255 e. The number of methoxy groups -OCH3 is 1. The lowest BCUT2D eigenvalue weighted by Gasteiger charge is -2.16. The van der Waals surface area contributed by atoms with E-state index >= 15 is 0 Å². The van der Waals surface area contributed by atoms with Crippen LogP contribution < -0.4 is 10.9 Å². The summed E-state index contributed by atoms with van der Waals surface area (Å²) in [7, 11) is 1.66. The third-order valence-corrected chi connectivity index (χ3v) is 4.27. The molecule has 2 rings (SSSR count). The van der Waals surface area contributed by atoms with E-state index in [1.54, 1.807) is 7.11 Å². The summed E-state index contributed by atoms with van der Waals surface area (Å²) in [5.74, 6) is 0. The van der Waals surface area contributed by atoms with Gasteiger partial charge in [0.25, 0.3) is 5.56 Å². The second-order valence-corrected chi connectivity index (χ2v) is 5.76. The Bertz CT molecular complexity index is 502. The maximum Gasteiger partial charge on any atom is 0.255 e. The molecule has 0 amide bonds. The minimum atomic E-state index is 0.130. The number of ether oxygens (including phenoxy) is 1. The fourth-order valence-electron chi connectivity index (χ4n) is 3.02. The topological polar surface area (TPSA) is 43.3 Å². The number of pyridine rings is 1. The molecule has 0 spiro atoms. The number of hydrogen-bond donors (Lipinski definition) is 1. The van der Waals surface area contributed by atoms with E-state index in [9.17, 15) is 4.79 Å². The summed E-state index contributed by atoms with van der Waals surface area (Å²) in [6.45, 7) is 5.89. The maximum absolute atomic E-state index is 12.6. The summed E-state index contributed by atoms with van der Waals surface area (Å²) in [6.07, 6.45) is 5.09. The van der Waals surface area contributed by atoms with Gasteiger partial charge in [0.15, 0.2) is 0 Å². The van der Waals surface area contributed by atoms with Crippen molar-refractivity contribution >= 4 is 0 Å². The molecule has 0 aliphatic heterocycles. The molecular formula is C16H26N2O2. The Morgan fingerprint density at radius 3 is 2.70 bits per heavy atom. The third kappa shape index (κ3) is 3.49. The second-order valence-electron chi connectivity index (χ2n) is 5.76. The average molecular weight is 278 g/mol. The fraction of sp³-hybridized carbons (Fsp3) is 0.688. The molecule has 4 heteroatoms. The molecule has 0 unspecified atom stereocenters. The van der Waals surface area contributed by atoms with Gasteiger partial charge in [0.1, 0.15) is 0 Å². The standard InChI is InChI=1S/C16H26N2O2/c1-12-10-13(2)18(8-9-20-3)16(19)15(12)11-17-14-6-4-5-7-14/h10,14,17H,4-9,11H2,1-3H3. The van der Waals surface area contributed by atoms with Gasteiger partial charge in [-0.15, -0.1) is 0 Å². The summed E-state index contributed by atoms with van der Waals surface area (Å²) in [6, 6.07) is 2.69. The average Bonchev–Trinajstić information content (AvgIpc) is 2.91. The van der Waals surface area contributed by atoms with Gasteiger partial charge in [-0.1, -0.05) is 12.8 Å². The van der Waals surface area contributed by atoms with Crippen LogP contribution in [0.4, 0.5) is 0 Å². The van der Waals surface area contributed by atoms with Crippen molar-refractivity contribution in [1.82, 2.24) is 9.88 Å². The molecule has 112 valence electrons. The molecule has 1 heterocycles. The molecule has 1 aliphatic rings. The monoisotopic (exact) mass is 278 g/mol. The predicted molar refractivity (Wildman–Crippen MR) is 81.1 cm³/mol. The summed E-state index contributed by atoms with van der Waals surface area (Å²) in [5.41, 5.74) is 3.13. The Balaban J connectivity index is 2.15. The Morgan fingerprint density at radius 2 is 2.05 bits per heavy atom. The van der Waals surface area contributed by atoms with E-state index in [0.29, 0.717) is 25.7 Å². The summed E-state index contributed by atoms with van der Waals surface area (Å²) < 4.78 is 6.91. The summed E-state index contributed by atoms with van der Waals surface area (Å²) in [5, 5.41) is 3.54. The molecule has 0 radical (unpaired) electrons. The van der Waals surface area contributed by atoms with Crippen LogP contribution in [0.15, 0.2) is 10.9 Å². The summed E-state index contributed by atoms with van der Waals surface area (Å²) in [4.78, 5) is 12.6. The molecule has 0 bridgehead atoms. The van der Waals surface area contributed by atoms with Crippen LogP contribution in [-0.2, 0) is 17.8 Å². The van der Waals surface area contributed by atoms with Gasteiger partial charge >= 0.3 is 0 Å². The Hall–Kier alpha value is -1.13. The van der Waals surface area contributed by atoms with Gasteiger partial charge in [0, 0.05) is 37.5 Å². The zero-order valence-corrected chi connectivity index (χ0v) is 12.9. The highest BCUT2D eigenvalue weighted by Crippen LogP contribution is 2.18. The first-order chi connectivity index (χ1) is 9.63. The van der Waals surface area contributed by atoms with Crippen LogP contribution in [-0.4, -0.2) is 24.3 Å². The lowest BCUT2D eigenvalue weighted by atomic mass is 10.1. The lowest BCUT2D eigenvalue weighted by molar-refractivity contribution is 0.185. The lowest BCUT2D eigenvalue weighted by Crippen LogP contribution is -2.33. The zero-order valence-electron chi connectivity index (χ0n) is 12.9. The van der Waals surface area contributed by atoms with Gasteiger partial charge < -0.3 is 14.6 Å². The molecule has 1 aliphatic carbocycles. The van der Waals surface area contributed by atoms with Crippen LogP contribution in [0.5, 0.6) is 0 Å². The molecular weight excluding hydrogens is 252 g/mol. The third-order valence-electron chi connectivity index (χ3n) is 4.27. The van der Waals surface area contributed by atoms with E-state index in [1.807, 2.05) is 18.4 Å². The zero-order chi connectivity index (χ0) is 14.5. The van der Waals surface area contributed by atoms with Crippen molar-refractivity contribution in [2.24, 2.45) is 0 Å². The van der Waals surface area contributed by atoms with Crippen LogP contribution in [0.3, 0.4) is 0 Å². The first-order valence-electron chi connectivity index (χ1n) is 7.55. The number of nitrogens with zero attached hydrogens (tertiary/aromatic N) is 1. The number of aromatic nitrogens is 1. The van der Waals surface area contributed by atoms with Crippen molar-refractivity contribution in [3.8, 4) is 0 Å². The molecule has 20 heavy (non-hydrogen) atoms. The molecule has 0 atom stereocenters. The highest BCUT2D eigenvalue weighted by atomic mass is 16.5. The minimum absolute atomic E-state index is 0.130. The van der Waals surface area contributed by atoms with Crippen molar-refractivity contribution < 1.29 is 4.74 Å². The molecule has 0 saturated heterocycles. The molecule has 1 aromatic heterocycles.